The summed E-state index contributed by atoms with van der Waals surface area (Å²) in [6.45, 7) is 5.50. The van der Waals surface area contributed by atoms with Crippen LogP contribution >= 0.6 is 0 Å². The Morgan fingerprint density at radius 1 is 1.12 bits per heavy atom. The third kappa shape index (κ3) is 4.08. The summed E-state index contributed by atoms with van der Waals surface area (Å²) in [6.07, 6.45) is -4.48. The zero-order valence-corrected chi connectivity index (χ0v) is 10.1. The molecule has 0 amide bonds. The van der Waals surface area contributed by atoms with Crippen molar-refractivity contribution in [2.45, 2.75) is 32.5 Å². The first kappa shape index (κ1) is 13.5. The maximum Gasteiger partial charge on any atom is 0.433 e. The largest absolute Gasteiger partial charge is 0.433 e. The molecule has 1 aromatic heterocycles. The van der Waals surface area contributed by atoms with Crippen LogP contribution in [0.5, 0.6) is 0 Å². The molecule has 0 bridgehead atoms. The van der Waals surface area contributed by atoms with Crippen LogP contribution in [0.3, 0.4) is 0 Å². The van der Waals surface area contributed by atoms with E-state index < -0.39 is 11.9 Å². The molecule has 1 aromatic rings. The molecule has 96 valence electrons. The van der Waals surface area contributed by atoms with E-state index in [1.54, 1.807) is 0 Å². The van der Waals surface area contributed by atoms with Crippen LogP contribution in [0.15, 0.2) is 6.07 Å². The van der Waals surface area contributed by atoms with Gasteiger partial charge in [-0.15, -0.1) is 0 Å². The molecule has 1 rings (SSSR count). The minimum Gasteiger partial charge on any atom is -0.365 e. The van der Waals surface area contributed by atoms with E-state index in [0.717, 1.165) is 6.07 Å². The number of hydrogen-bond donors (Lipinski definition) is 2. The summed E-state index contributed by atoms with van der Waals surface area (Å²) in [5, 5.41) is 5.38. The van der Waals surface area contributed by atoms with Gasteiger partial charge in [0.15, 0.2) is 5.69 Å². The van der Waals surface area contributed by atoms with Crippen LogP contribution in [0.25, 0.3) is 0 Å². The van der Waals surface area contributed by atoms with Crippen LogP contribution in [0.2, 0.25) is 0 Å². The lowest BCUT2D eigenvalue weighted by molar-refractivity contribution is -0.141. The Hall–Kier alpha value is -1.53. The highest BCUT2D eigenvalue weighted by molar-refractivity contribution is 5.44. The van der Waals surface area contributed by atoms with E-state index in [1.165, 1.54) is 7.05 Å². The van der Waals surface area contributed by atoms with E-state index in [-0.39, 0.29) is 17.3 Å². The number of nitrogens with zero attached hydrogens (tertiary/aromatic N) is 2. The second-order valence-corrected chi connectivity index (χ2v) is 4.58. The fourth-order valence-corrected chi connectivity index (χ4v) is 1.15. The van der Waals surface area contributed by atoms with Crippen LogP contribution in [-0.4, -0.2) is 22.6 Å². The number of rotatable bonds is 2. The van der Waals surface area contributed by atoms with Gasteiger partial charge in [-0.25, -0.2) is 4.98 Å². The van der Waals surface area contributed by atoms with Crippen molar-refractivity contribution in [1.29, 1.82) is 0 Å². The third-order valence-corrected chi connectivity index (χ3v) is 1.74. The zero-order chi connectivity index (χ0) is 13.3. The highest BCUT2D eigenvalue weighted by Gasteiger charge is 2.34. The molecule has 0 aliphatic carbocycles. The Bertz CT molecular complexity index is 396. The minimum atomic E-state index is -4.48. The molecule has 0 unspecified atom stereocenters. The second-order valence-electron chi connectivity index (χ2n) is 4.58. The molecule has 0 aliphatic heterocycles. The Morgan fingerprint density at radius 3 is 2.12 bits per heavy atom. The average Bonchev–Trinajstić information content (AvgIpc) is 2.13. The summed E-state index contributed by atoms with van der Waals surface area (Å²) < 4.78 is 37.7. The molecule has 0 fully saturated rings. The Kier molecular flexibility index (Phi) is 3.49. The highest BCUT2D eigenvalue weighted by Crippen LogP contribution is 2.30. The fraction of sp³-hybridized carbons (Fsp3) is 0.600. The summed E-state index contributed by atoms with van der Waals surface area (Å²) in [5.74, 6) is 0.0794. The molecule has 17 heavy (non-hydrogen) atoms. The standard InChI is InChI=1S/C10H15F3N4/c1-9(2,3)17-7-5-6(10(11,12)13)15-8(14-4)16-7/h5H,1-4H3,(H2,14,15,16,17). The lowest BCUT2D eigenvalue weighted by Crippen LogP contribution is -2.27. The summed E-state index contributed by atoms with van der Waals surface area (Å²) in [7, 11) is 1.47. The number of nitrogens with one attached hydrogen (secondary N) is 2. The summed E-state index contributed by atoms with van der Waals surface area (Å²) >= 11 is 0. The fourth-order valence-electron chi connectivity index (χ4n) is 1.15. The lowest BCUT2D eigenvalue weighted by Gasteiger charge is -2.22. The van der Waals surface area contributed by atoms with Crippen molar-refractivity contribution in [3.05, 3.63) is 11.8 Å². The predicted octanol–water partition coefficient (Wildman–Crippen LogP) is 2.75. The average molecular weight is 248 g/mol. The Morgan fingerprint density at radius 2 is 1.71 bits per heavy atom. The zero-order valence-electron chi connectivity index (χ0n) is 10.1. The number of alkyl halides is 3. The molecule has 0 spiro atoms. The van der Waals surface area contributed by atoms with E-state index in [9.17, 15) is 13.2 Å². The molecule has 2 N–H and O–H groups in total. The van der Waals surface area contributed by atoms with Gasteiger partial charge < -0.3 is 10.6 Å². The van der Waals surface area contributed by atoms with Gasteiger partial charge in [0.05, 0.1) is 0 Å². The van der Waals surface area contributed by atoms with Gasteiger partial charge in [0.1, 0.15) is 5.82 Å². The van der Waals surface area contributed by atoms with Crippen molar-refractivity contribution in [2.75, 3.05) is 17.7 Å². The summed E-state index contributed by atoms with van der Waals surface area (Å²) in [5.41, 5.74) is -1.34. The molecule has 7 heteroatoms. The Balaban J connectivity index is 3.15. The van der Waals surface area contributed by atoms with Crippen LogP contribution in [0.1, 0.15) is 26.5 Å². The first-order chi connectivity index (χ1) is 7.62. The molecule has 0 saturated carbocycles. The topological polar surface area (TPSA) is 49.8 Å². The maximum absolute atomic E-state index is 12.6. The van der Waals surface area contributed by atoms with E-state index in [1.807, 2.05) is 20.8 Å². The van der Waals surface area contributed by atoms with Crippen molar-refractivity contribution in [2.24, 2.45) is 0 Å². The minimum absolute atomic E-state index is 0.0634. The van der Waals surface area contributed by atoms with Crippen molar-refractivity contribution in [3.8, 4) is 0 Å². The molecular formula is C10H15F3N4. The van der Waals surface area contributed by atoms with Crippen molar-refractivity contribution in [3.63, 3.8) is 0 Å². The predicted molar refractivity (Wildman–Crippen MR) is 60.0 cm³/mol. The van der Waals surface area contributed by atoms with Crippen molar-refractivity contribution in [1.82, 2.24) is 9.97 Å². The molecule has 1 heterocycles. The SMILES string of the molecule is CNc1nc(NC(C)(C)C)cc(C(F)(F)F)n1. The van der Waals surface area contributed by atoms with E-state index >= 15 is 0 Å². The normalized spacial score (nSPS) is 12.4. The number of hydrogen-bond acceptors (Lipinski definition) is 4. The van der Waals surface area contributed by atoms with Crippen LogP contribution in [-0.2, 0) is 6.18 Å². The first-order valence-corrected chi connectivity index (χ1v) is 5.04. The monoisotopic (exact) mass is 248 g/mol. The number of anilines is 2. The van der Waals surface area contributed by atoms with Crippen molar-refractivity contribution >= 4 is 11.8 Å². The number of aromatic nitrogens is 2. The Labute approximate surface area is 97.7 Å². The lowest BCUT2D eigenvalue weighted by atomic mass is 10.1. The van der Waals surface area contributed by atoms with Gasteiger partial charge >= 0.3 is 6.18 Å². The highest BCUT2D eigenvalue weighted by atomic mass is 19.4. The van der Waals surface area contributed by atoms with Gasteiger partial charge in [-0.05, 0) is 20.8 Å². The van der Waals surface area contributed by atoms with Gasteiger partial charge in [-0.2, -0.15) is 18.2 Å². The molecule has 0 aromatic carbocycles. The second kappa shape index (κ2) is 4.38. The molecule has 0 saturated heterocycles. The van der Waals surface area contributed by atoms with Gasteiger partial charge in [-0.3, -0.25) is 0 Å². The smallest absolute Gasteiger partial charge is 0.365 e. The maximum atomic E-state index is 12.6. The molecular weight excluding hydrogens is 233 g/mol. The quantitative estimate of drug-likeness (QED) is 0.845. The van der Waals surface area contributed by atoms with Gasteiger partial charge in [0, 0.05) is 18.7 Å². The van der Waals surface area contributed by atoms with Gasteiger partial charge in [0.2, 0.25) is 5.95 Å². The van der Waals surface area contributed by atoms with Crippen LogP contribution in [0, 0.1) is 0 Å². The summed E-state index contributed by atoms with van der Waals surface area (Å²) in [4.78, 5) is 7.28. The summed E-state index contributed by atoms with van der Waals surface area (Å²) in [6, 6.07) is 0.895. The molecule has 0 atom stereocenters. The third-order valence-electron chi connectivity index (χ3n) is 1.74. The molecule has 0 radical (unpaired) electrons. The van der Waals surface area contributed by atoms with Crippen molar-refractivity contribution < 1.29 is 13.2 Å². The van der Waals surface area contributed by atoms with E-state index in [0.29, 0.717) is 0 Å². The first-order valence-electron chi connectivity index (χ1n) is 5.04. The van der Waals surface area contributed by atoms with Gasteiger partial charge in [-0.1, -0.05) is 0 Å². The number of halogens is 3. The van der Waals surface area contributed by atoms with E-state index in [2.05, 4.69) is 20.6 Å². The van der Waals surface area contributed by atoms with E-state index in [4.69, 9.17) is 0 Å². The van der Waals surface area contributed by atoms with Gasteiger partial charge in [0.25, 0.3) is 0 Å². The molecule has 0 aliphatic rings. The van der Waals surface area contributed by atoms with Crippen LogP contribution in [0.4, 0.5) is 24.9 Å². The molecule has 4 nitrogen and oxygen atoms in total. The van der Waals surface area contributed by atoms with Crippen LogP contribution < -0.4 is 10.6 Å².